The van der Waals surface area contributed by atoms with Gasteiger partial charge in [0.2, 0.25) is 5.91 Å². The molecule has 1 aromatic carbocycles. The fraction of sp³-hybridized carbons (Fsp3) is 0.533. The van der Waals surface area contributed by atoms with E-state index in [-0.39, 0.29) is 17.8 Å². The number of rotatable bonds is 4. The highest BCUT2D eigenvalue weighted by molar-refractivity contribution is 9.10. The number of nitrogens with one attached hydrogen (secondary N) is 1. The number of carbonyl (C=O) groups is 1. The molecule has 0 aromatic heterocycles. The zero-order valence-electron chi connectivity index (χ0n) is 11.6. The molecule has 3 nitrogen and oxygen atoms in total. The second-order valence-electron chi connectivity index (χ2n) is 5.69. The van der Waals surface area contributed by atoms with E-state index in [0.29, 0.717) is 10.9 Å². The molecule has 1 atom stereocenters. The molecule has 1 saturated carbocycles. The highest BCUT2D eigenvalue weighted by Gasteiger charge is 2.37. The Morgan fingerprint density at radius 3 is 2.75 bits per heavy atom. The topological polar surface area (TPSA) is 55.1 Å². The SMILES string of the molecule is CC(Cc1ccc(F)c(Br)c1)NC(=O)C1(N)CCCC1. The molecule has 0 saturated heterocycles. The number of halogens is 2. The van der Waals surface area contributed by atoms with Gasteiger partial charge in [0.15, 0.2) is 0 Å². The van der Waals surface area contributed by atoms with Crippen LogP contribution in [0, 0.1) is 5.82 Å². The molecule has 20 heavy (non-hydrogen) atoms. The molecule has 1 fully saturated rings. The standard InChI is InChI=1S/C15H20BrFN2O/c1-10(8-11-4-5-13(17)12(16)9-11)19-14(20)15(18)6-2-3-7-15/h4-5,9-10H,2-3,6-8,18H2,1H3,(H,19,20). The van der Waals surface area contributed by atoms with Crippen molar-refractivity contribution < 1.29 is 9.18 Å². The minimum atomic E-state index is -0.697. The van der Waals surface area contributed by atoms with Crippen LogP contribution in [0.5, 0.6) is 0 Å². The maximum atomic E-state index is 13.2. The highest BCUT2D eigenvalue weighted by atomic mass is 79.9. The molecule has 0 aliphatic heterocycles. The lowest BCUT2D eigenvalue weighted by Crippen LogP contribution is -2.54. The molecule has 0 radical (unpaired) electrons. The van der Waals surface area contributed by atoms with Gasteiger partial charge in [-0.2, -0.15) is 0 Å². The molecule has 0 bridgehead atoms. The van der Waals surface area contributed by atoms with Gasteiger partial charge in [0.25, 0.3) is 0 Å². The first-order valence-electron chi connectivity index (χ1n) is 6.94. The normalized spacial score (nSPS) is 18.8. The molecule has 5 heteroatoms. The van der Waals surface area contributed by atoms with E-state index in [0.717, 1.165) is 31.2 Å². The Kier molecular flexibility index (Phi) is 4.81. The van der Waals surface area contributed by atoms with E-state index in [9.17, 15) is 9.18 Å². The summed E-state index contributed by atoms with van der Waals surface area (Å²) in [5, 5.41) is 2.97. The predicted octanol–water partition coefficient (Wildman–Crippen LogP) is 2.91. The smallest absolute Gasteiger partial charge is 0.240 e. The number of benzene rings is 1. The molecule has 1 unspecified atom stereocenters. The van der Waals surface area contributed by atoms with Gasteiger partial charge in [0.1, 0.15) is 5.82 Å². The van der Waals surface area contributed by atoms with Crippen LogP contribution in [-0.4, -0.2) is 17.5 Å². The van der Waals surface area contributed by atoms with Crippen molar-refractivity contribution in [3.63, 3.8) is 0 Å². The van der Waals surface area contributed by atoms with Gasteiger partial charge in [-0.05, 0) is 59.8 Å². The molecule has 1 aromatic rings. The number of nitrogens with two attached hydrogens (primary N) is 1. The van der Waals surface area contributed by atoms with E-state index in [4.69, 9.17) is 5.73 Å². The number of hydrogen-bond acceptors (Lipinski definition) is 2. The van der Waals surface area contributed by atoms with Crippen molar-refractivity contribution in [1.82, 2.24) is 5.32 Å². The van der Waals surface area contributed by atoms with Crippen LogP contribution in [0.15, 0.2) is 22.7 Å². The maximum Gasteiger partial charge on any atom is 0.240 e. The summed E-state index contributed by atoms with van der Waals surface area (Å²) in [4.78, 5) is 12.2. The summed E-state index contributed by atoms with van der Waals surface area (Å²) in [6.45, 7) is 1.94. The van der Waals surface area contributed by atoms with Crippen LogP contribution in [0.2, 0.25) is 0 Å². The van der Waals surface area contributed by atoms with Crippen molar-refractivity contribution in [3.8, 4) is 0 Å². The Bertz CT molecular complexity index is 501. The van der Waals surface area contributed by atoms with Gasteiger partial charge in [0, 0.05) is 6.04 Å². The first-order valence-corrected chi connectivity index (χ1v) is 7.74. The highest BCUT2D eigenvalue weighted by Crippen LogP contribution is 2.27. The van der Waals surface area contributed by atoms with Crippen molar-refractivity contribution in [2.24, 2.45) is 5.73 Å². The molecular weight excluding hydrogens is 323 g/mol. The molecule has 110 valence electrons. The van der Waals surface area contributed by atoms with Crippen LogP contribution in [0.25, 0.3) is 0 Å². The predicted molar refractivity (Wildman–Crippen MR) is 80.8 cm³/mol. The average Bonchev–Trinajstić information content (AvgIpc) is 2.82. The van der Waals surface area contributed by atoms with E-state index < -0.39 is 5.54 Å². The van der Waals surface area contributed by atoms with E-state index >= 15 is 0 Å². The summed E-state index contributed by atoms with van der Waals surface area (Å²) >= 11 is 3.17. The van der Waals surface area contributed by atoms with Crippen LogP contribution in [0.3, 0.4) is 0 Å². The van der Waals surface area contributed by atoms with Crippen molar-refractivity contribution in [2.75, 3.05) is 0 Å². The summed E-state index contributed by atoms with van der Waals surface area (Å²) in [7, 11) is 0. The Morgan fingerprint density at radius 2 is 2.15 bits per heavy atom. The van der Waals surface area contributed by atoms with Crippen LogP contribution in [0.1, 0.15) is 38.2 Å². The third kappa shape index (κ3) is 3.58. The van der Waals surface area contributed by atoms with E-state index in [2.05, 4.69) is 21.2 Å². The minimum Gasteiger partial charge on any atom is -0.352 e. The zero-order chi connectivity index (χ0) is 14.8. The number of amides is 1. The van der Waals surface area contributed by atoms with E-state index in [1.165, 1.54) is 6.07 Å². The lowest BCUT2D eigenvalue weighted by Gasteiger charge is -2.25. The summed E-state index contributed by atoms with van der Waals surface area (Å²) in [6.07, 6.45) is 4.20. The van der Waals surface area contributed by atoms with Gasteiger partial charge in [-0.15, -0.1) is 0 Å². The van der Waals surface area contributed by atoms with Crippen LogP contribution >= 0.6 is 15.9 Å². The summed E-state index contributed by atoms with van der Waals surface area (Å²) in [6, 6.07) is 4.87. The Hall–Kier alpha value is -0.940. The zero-order valence-corrected chi connectivity index (χ0v) is 13.2. The van der Waals surface area contributed by atoms with Gasteiger partial charge in [-0.3, -0.25) is 4.79 Å². The second-order valence-corrected chi connectivity index (χ2v) is 6.54. The molecule has 1 amide bonds. The third-order valence-electron chi connectivity index (χ3n) is 3.85. The first-order chi connectivity index (χ1) is 9.40. The lowest BCUT2D eigenvalue weighted by molar-refractivity contribution is -0.126. The van der Waals surface area contributed by atoms with E-state index in [1.54, 1.807) is 12.1 Å². The fourth-order valence-electron chi connectivity index (χ4n) is 2.67. The van der Waals surface area contributed by atoms with Crippen LogP contribution in [-0.2, 0) is 11.2 Å². The monoisotopic (exact) mass is 342 g/mol. The number of carbonyl (C=O) groups excluding carboxylic acids is 1. The molecular formula is C15H20BrFN2O. The summed E-state index contributed by atoms with van der Waals surface area (Å²) in [5.74, 6) is -0.346. The molecule has 1 aliphatic rings. The summed E-state index contributed by atoms with van der Waals surface area (Å²) < 4.78 is 13.6. The van der Waals surface area contributed by atoms with Gasteiger partial charge in [-0.25, -0.2) is 4.39 Å². The average molecular weight is 343 g/mol. The maximum absolute atomic E-state index is 13.2. The first kappa shape index (κ1) is 15.4. The molecule has 3 N–H and O–H groups in total. The van der Waals surface area contributed by atoms with Gasteiger partial charge < -0.3 is 11.1 Å². The molecule has 2 rings (SSSR count). The lowest BCUT2D eigenvalue weighted by atomic mass is 9.97. The Morgan fingerprint density at radius 1 is 1.50 bits per heavy atom. The van der Waals surface area contributed by atoms with Crippen molar-refractivity contribution in [1.29, 1.82) is 0 Å². The third-order valence-corrected chi connectivity index (χ3v) is 4.46. The van der Waals surface area contributed by atoms with Crippen molar-refractivity contribution in [2.45, 2.75) is 50.6 Å². The van der Waals surface area contributed by atoms with Crippen LogP contribution in [0.4, 0.5) is 4.39 Å². The quantitative estimate of drug-likeness (QED) is 0.883. The van der Waals surface area contributed by atoms with Crippen molar-refractivity contribution in [3.05, 3.63) is 34.1 Å². The Labute approximate surface area is 127 Å². The fourth-order valence-corrected chi connectivity index (χ4v) is 3.10. The van der Waals surface area contributed by atoms with Gasteiger partial charge in [0.05, 0.1) is 10.0 Å². The molecule has 0 spiro atoms. The molecule has 1 aliphatic carbocycles. The molecule has 0 heterocycles. The Balaban J connectivity index is 1.93. The number of hydrogen-bond donors (Lipinski definition) is 2. The van der Waals surface area contributed by atoms with E-state index in [1.807, 2.05) is 6.92 Å². The van der Waals surface area contributed by atoms with Crippen molar-refractivity contribution >= 4 is 21.8 Å². The second kappa shape index (κ2) is 6.22. The van der Waals surface area contributed by atoms with Crippen LogP contribution < -0.4 is 11.1 Å². The van der Waals surface area contributed by atoms with Gasteiger partial charge in [-0.1, -0.05) is 18.9 Å². The van der Waals surface area contributed by atoms with Gasteiger partial charge >= 0.3 is 0 Å². The largest absolute Gasteiger partial charge is 0.352 e. The summed E-state index contributed by atoms with van der Waals surface area (Å²) in [5.41, 5.74) is 6.40. The minimum absolute atomic E-state index is 0.0270.